The molecule has 0 aliphatic carbocycles. The summed E-state index contributed by atoms with van der Waals surface area (Å²) in [6.45, 7) is 0. The van der Waals surface area contributed by atoms with Crippen molar-refractivity contribution in [1.82, 2.24) is 0 Å². The number of benzene rings is 1. The molecule has 0 amide bonds. The van der Waals surface area contributed by atoms with E-state index in [1.807, 2.05) is 29.9 Å². The Hall–Kier alpha value is -1.48. The molecule has 0 N–H and O–H groups in total. The van der Waals surface area contributed by atoms with Gasteiger partial charge < -0.3 is 21.9 Å². The Morgan fingerprint density at radius 2 is 1.56 bits per heavy atom. The van der Waals surface area contributed by atoms with Gasteiger partial charge in [-0.1, -0.05) is 0 Å². The molecule has 1 aromatic heterocycles. The van der Waals surface area contributed by atoms with E-state index in [0.717, 1.165) is 22.3 Å². The summed E-state index contributed by atoms with van der Waals surface area (Å²) in [7, 11) is 5.29. The quantitative estimate of drug-likeness (QED) is 0.607. The van der Waals surface area contributed by atoms with Gasteiger partial charge in [0.2, 0.25) is 0 Å². The third-order valence-corrected chi connectivity index (χ3v) is 2.42. The lowest BCUT2D eigenvalue weighted by atomic mass is 10.1. The van der Waals surface area contributed by atoms with Gasteiger partial charge in [-0.25, -0.2) is 4.57 Å². The van der Waals surface area contributed by atoms with Gasteiger partial charge in [0, 0.05) is 11.5 Å². The number of methoxy groups -OCH3 is 2. The monoisotopic (exact) mass is 239 g/mol. The van der Waals surface area contributed by atoms with Crippen LogP contribution in [0.2, 0.25) is 0 Å². The molecule has 0 saturated heterocycles. The first-order valence-electron chi connectivity index (χ1n) is 4.75. The minimum absolute atomic E-state index is 0. The highest BCUT2D eigenvalue weighted by Crippen LogP contribution is 2.31. The van der Waals surface area contributed by atoms with Gasteiger partial charge in [0.25, 0.3) is 0 Å². The number of halogens is 1. The van der Waals surface area contributed by atoms with E-state index in [0.29, 0.717) is 0 Å². The van der Waals surface area contributed by atoms with Gasteiger partial charge in [0.15, 0.2) is 23.9 Å². The molecule has 0 aliphatic heterocycles. The van der Waals surface area contributed by atoms with Crippen LogP contribution in [0, 0.1) is 0 Å². The van der Waals surface area contributed by atoms with Crippen molar-refractivity contribution in [3.63, 3.8) is 0 Å². The molecule has 1 aromatic carbocycles. The SMILES string of the molecule is COc1cc2cc[n+](C)cc2cc1OC.[Cl-]. The molecular formula is C12H14ClNO2. The molecule has 3 nitrogen and oxygen atoms in total. The summed E-state index contributed by atoms with van der Waals surface area (Å²) in [5.74, 6) is 1.52. The van der Waals surface area contributed by atoms with Gasteiger partial charge >= 0.3 is 0 Å². The zero-order valence-electron chi connectivity index (χ0n) is 9.53. The fraction of sp³-hybridized carbons (Fsp3) is 0.250. The lowest BCUT2D eigenvalue weighted by molar-refractivity contribution is -0.670. The smallest absolute Gasteiger partial charge is 0.176 e. The Morgan fingerprint density at radius 1 is 1.00 bits per heavy atom. The van der Waals surface area contributed by atoms with E-state index in [9.17, 15) is 0 Å². The molecule has 0 radical (unpaired) electrons. The van der Waals surface area contributed by atoms with Gasteiger partial charge in [-0.2, -0.15) is 0 Å². The number of pyridine rings is 1. The fourth-order valence-electron chi connectivity index (χ4n) is 1.63. The van der Waals surface area contributed by atoms with Crippen LogP contribution in [0.25, 0.3) is 10.8 Å². The predicted octanol–water partition coefficient (Wildman–Crippen LogP) is -1.31. The normalized spacial score (nSPS) is 9.69. The zero-order chi connectivity index (χ0) is 10.8. The van der Waals surface area contributed by atoms with Crippen molar-refractivity contribution < 1.29 is 26.4 Å². The number of hydrogen-bond acceptors (Lipinski definition) is 2. The Kier molecular flexibility index (Phi) is 3.96. The maximum absolute atomic E-state index is 5.25. The average Bonchev–Trinajstić information content (AvgIpc) is 2.27. The highest BCUT2D eigenvalue weighted by molar-refractivity contribution is 5.84. The lowest BCUT2D eigenvalue weighted by Crippen LogP contribution is -3.00. The Morgan fingerprint density at radius 3 is 2.12 bits per heavy atom. The largest absolute Gasteiger partial charge is 1.00 e. The van der Waals surface area contributed by atoms with Crippen molar-refractivity contribution in [2.45, 2.75) is 0 Å². The van der Waals surface area contributed by atoms with Gasteiger partial charge in [0.1, 0.15) is 7.05 Å². The molecule has 2 aromatic rings. The Balaban J connectivity index is 0.00000128. The molecule has 0 spiro atoms. The Labute approximate surface area is 101 Å². The van der Waals surface area contributed by atoms with Crippen LogP contribution in [0.4, 0.5) is 0 Å². The Bertz CT molecular complexity index is 500. The molecule has 4 heteroatoms. The van der Waals surface area contributed by atoms with Gasteiger partial charge in [-0.3, -0.25) is 0 Å². The third kappa shape index (κ3) is 2.19. The van der Waals surface area contributed by atoms with Crippen molar-refractivity contribution in [1.29, 1.82) is 0 Å². The second-order valence-corrected chi connectivity index (χ2v) is 3.45. The van der Waals surface area contributed by atoms with Crippen molar-refractivity contribution in [2.75, 3.05) is 14.2 Å². The molecule has 0 aliphatic rings. The summed E-state index contributed by atoms with van der Waals surface area (Å²) in [4.78, 5) is 0. The predicted molar refractivity (Wildman–Crippen MR) is 58.2 cm³/mol. The van der Waals surface area contributed by atoms with E-state index >= 15 is 0 Å². The molecule has 0 fully saturated rings. The number of ether oxygens (including phenoxy) is 2. The first-order valence-corrected chi connectivity index (χ1v) is 4.75. The first-order chi connectivity index (χ1) is 7.24. The van der Waals surface area contributed by atoms with E-state index in [4.69, 9.17) is 9.47 Å². The summed E-state index contributed by atoms with van der Waals surface area (Å²) in [6, 6.07) is 6.01. The fourth-order valence-corrected chi connectivity index (χ4v) is 1.63. The number of fused-ring (bicyclic) bond motifs is 1. The second-order valence-electron chi connectivity index (χ2n) is 3.45. The highest BCUT2D eigenvalue weighted by atomic mass is 35.5. The van der Waals surface area contributed by atoms with Crippen LogP contribution in [0.5, 0.6) is 11.5 Å². The molecular weight excluding hydrogens is 226 g/mol. The van der Waals surface area contributed by atoms with Crippen molar-refractivity contribution >= 4 is 10.8 Å². The average molecular weight is 240 g/mol. The summed E-state index contributed by atoms with van der Waals surface area (Å²) < 4.78 is 12.5. The summed E-state index contributed by atoms with van der Waals surface area (Å²) in [6.07, 6.45) is 4.06. The van der Waals surface area contributed by atoms with Crippen LogP contribution >= 0.6 is 0 Å². The molecule has 0 atom stereocenters. The van der Waals surface area contributed by atoms with E-state index in [2.05, 4.69) is 12.3 Å². The summed E-state index contributed by atoms with van der Waals surface area (Å²) in [5.41, 5.74) is 0. The van der Waals surface area contributed by atoms with Crippen molar-refractivity contribution in [3.05, 3.63) is 30.6 Å². The second kappa shape index (κ2) is 5.03. The summed E-state index contributed by atoms with van der Waals surface area (Å²) in [5, 5.41) is 2.28. The van der Waals surface area contributed by atoms with E-state index < -0.39 is 0 Å². The number of hydrogen-bond donors (Lipinski definition) is 0. The maximum Gasteiger partial charge on any atom is 0.176 e. The van der Waals surface area contributed by atoms with Gasteiger partial charge in [-0.15, -0.1) is 0 Å². The first kappa shape index (κ1) is 12.6. The van der Waals surface area contributed by atoms with Crippen LogP contribution in [0.15, 0.2) is 30.6 Å². The molecule has 1 heterocycles. The van der Waals surface area contributed by atoms with Crippen molar-refractivity contribution in [2.24, 2.45) is 7.05 Å². The molecule has 0 saturated carbocycles. The van der Waals surface area contributed by atoms with Crippen LogP contribution in [-0.2, 0) is 7.05 Å². The minimum Gasteiger partial charge on any atom is -1.00 e. The standard InChI is InChI=1S/C12H14NO2.ClH/c1-13-5-4-9-6-11(14-2)12(15-3)7-10(9)8-13;/h4-8H,1-3H3;1H/q+1;/p-1. The van der Waals surface area contributed by atoms with Crippen LogP contribution in [0.1, 0.15) is 0 Å². The molecule has 16 heavy (non-hydrogen) atoms. The number of rotatable bonds is 2. The third-order valence-electron chi connectivity index (χ3n) is 2.42. The number of aryl methyl sites for hydroxylation is 1. The van der Waals surface area contributed by atoms with Gasteiger partial charge in [0.05, 0.1) is 14.2 Å². The molecule has 2 rings (SSSR count). The van der Waals surface area contributed by atoms with Crippen LogP contribution in [0.3, 0.4) is 0 Å². The van der Waals surface area contributed by atoms with E-state index in [-0.39, 0.29) is 12.4 Å². The van der Waals surface area contributed by atoms with Gasteiger partial charge in [-0.05, 0) is 17.5 Å². The summed E-state index contributed by atoms with van der Waals surface area (Å²) >= 11 is 0. The number of nitrogens with zero attached hydrogens (tertiary/aromatic N) is 1. The molecule has 86 valence electrons. The molecule has 0 bridgehead atoms. The number of aromatic nitrogens is 1. The van der Waals surface area contributed by atoms with Crippen LogP contribution in [-0.4, -0.2) is 14.2 Å². The van der Waals surface area contributed by atoms with Crippen LogP contribution < -0.4 is 26.4 Å². The molecule has 0 unspecified atom stereocenters. The highest BCUT2D eigenvalue weighted by Gasteiger charge is 2.07. The lowest BCUT2D eigenvalue weighted by Gasteiger charge is -2.07. The van der Waals surface area contributed by atoms with Crippen molar-refractivity contribution in [3.8, 4) is 11.5 Å². The zero-order valence-corrected chi connectivity index (χ0v) is 10.3. The van der Waals surface area contributed by atoms with E-state index in [1.165, 1.54) is 0 Å². The minimum atomic E-state index is 0. The maximum atomic E-state index is 5.25. The topological polar surface area (TPSA) is 22.3 Å². The van der Waals surface area contributed by atoms with E-state index in [1.54, 1.807) is 14.2 Å².